The second-order valence-electron chi connectivity index (χ2n) is 9.31. The van der Waals surface area contributed by atoms with Crippen molar-refractivity contribution in [2.45, 2.75) is 40.3 Å². The summed E-state index contributed by atoms with van der Waals surface area (Å²) in [6.07, 6.45) is 0. The second kappa shape index (κ2) is 11.9. The highest BCUT2D eigenvalue weighted by molar-refractivity contribution is 6.06. The van der Waals surface area contributed by atoms with E-state index in [0.717, 1.165) is 11.1 Å². The Labute approximate surface area is 233 Å². The van der Waals surface area contributed by atoms with Crippen molar-refractivity contribution in [2.75, 3.05) is 23.8 Å². The van der Waals surface area contributed by atoms with Crippen molar-refractivity contribution in [3.8, 4) is 17.2 Å². The van der Waals surface area contributed by atoms with Crippen molar-refractivity contribution in [1.29, 1.82) is 0 Å². The van der Waals surface area contributed by atoms with E-state index in [0.29, 0.717) is 60.0 Å². The molecule has 1 aliphatic heterocycles. The molecule has 0 bridgehead atoms. The number of carbonyl (C=O) groups excluding carboxylic acids is 1. The summed E-state index contributed by atoms with van der Waals surface area (Å²) in [5, 5.41) is 18.3. The van der Waals surface area contributed by atoms with E-state index in [9.17, 15) is 4.79 Å². The molecule has 0 radical (unpaired) electrons. The topological polar surface area (TPSA) is 112 Å². The Morgan fingerprint density at radius 2 is 1.68 bits per heavy atom. The summed E-state index contributed by atoms with van der Waals surface area (Å²) in [5.74, 6) is 1.90. The standard InChI is InChI=1S/C30H32N6O4/c1-5-38-24-10-8-7-9-23(24)32-29(37)27-20(4)31-30-33-34-35-36(30)28(27)22-15-16-25(26(17-22)39-6-2)40-18-21-13-11-19(3)12-14-21/h7-17,28H,5-6,18H2,1-4H3,(H,32,37)(H,31,33,35). The fourth-order valence-electron chi connectivity index (χ4n) is 4.58. The van der Waals surface area contributed by atoms with Crippen molar-refractivity contribution in [3.05, 3.63) is 94.7 Å². The molecule has 2 N–H and O–H groups in total. The number of allylic oxidation sites excluding steroid dienone is 1. The van der Waals surface area contributed by atoms with Gasteiger partial charge in [-0.1, -0.05) is 53.1 Å². The van der Waals surface area contributed by atoms with Gasteiger partial charge in [-0.2, -0.15) is 4.68 Å². The predicted molar refractivity (Wildman–Crippen MR) is 152 cm³/mol. The molecule has 0 spiro atoms. The number of aromatic nitrogens is 4. The van der Waals surface area contributed by atoms with Crippen LogP contribution in [0.25, 0.3) is 0 Å². The van der Waals surface area contributed by atoms with Gasteiger partial charge in [-0.3, -0.25) is 4.79 Å². The number of ether oxygens (including phenoxy) is 3. The zero-order valence-corrected chi connectivity index (χ0v) is 23.0. The van der Waals surface area contributed by atoms with E-state index in [4.69, 9.17) is 14.2 Å². The molecule has 4 aromatic rings. The number of amides is 1. The van der Waals surface area contributed by atoms with Gasteiger partial charge in [-0.05, 0) is 73.5 Å². The molecule has 2 heterocycles. The summed E-state index contributed by atoms with van der Waals surface area (Å²) in [4.78, 5) is 13.8. The number of nitrogens with zero attached hydrogens (tertiary/aromatic N) is 4. The number of hydrogen-bond acceptors (Lipinski definition) is 8. The molecule has 0 saturated carbocycles. The predicted octanol–water partition coefficient (Wildman–Crippen LogP) is 5.29. The van der Waals surface area contributed by atoms with Gasteiger partial charge in [0.15, 0.2) is 11.5 Å². The first-order chi connectivity index (χ1) is 19.5. The molecule has 3 aromatic carbocycles. The van der Waals surface area contributed by atoms with Crippen molar-refractivity contribution in [3.63, 3.8) is 0 Å². The number of carbonyl (C=O) groups is 1. The maximum Gasteiger partial charge on any atom is 0.255 e. The minimum Gasteiger partial charge on any atom is -0.492 e. The van der Waals surface area contributed by atoms with E-state index in [1.165, 1.54) is 5.56 Å². The van der Waals surface area contributed by atoms with Crippen molar-refractivity contribution in [2.24, 2.45) is 0 Å². The molecule has 0 fully saturated rings. The Hall–Kier alpha value is -4.86. The van der Waals surface area contributed by atoms with Crippen molar-refractivity contribution in [1.82, 2.24) is 20.2 Å². The number of anilines is 2. The van der Waals surface area contributed by atoms with E-state index in [1.807, 2.05) is 69.3 Å². The fourth-order valence-corrected chi connectivity index (χ4v) is 4.58. The highest BCUT2D eigenvalue weighted by atomic mass is 16.5. The molecular weight excluding hydrogens is 508 g/mol. The van der Waals surface area contributed by atoms with Gasteiger partial charge >= 0.3 is 0 Å². The molecule has 5 rings (SSSR count). The fraction of sp³-hybridized carbons (Fsp3) is 0.267. The number of tetrazole rings is 1. The number of fused-ring (bicyclic) bond motifs is 1. The van der Waals surface area contributed by atoms with E-state index in [1.54, 1.807) is 10.7 Å². The first-order valence-electron chi connectivity index (χ1n) is 13.2. The van der Waals surface area contributed by atoms with Gasteiger partial charge in [0.1, 0.15) is 18.4 Å². The molecule has 0 aliphatic carbocycles. The highest BCUT2D eigenvalue weighted by Gasteiger charge is 2.35. The third-order valence-corrected chi connectivity index (χ3v) is 6.49. The number of rotatable bonds is 10. The normalized spacial score (nSPS) is 14.2. The Morgan fingerprint density at radius 1 is 0.925 bits per heavy atom. The van der Waals surface area contributed by atoms with Crippen LogP contribution in [0.1, 0.15) is 43.5 Å². The summed E-state index contributed by atoms with van der Waals surface area (Å²) in [7, 11) is 0. The van der Waals surface area contributed by atoms with Gasteiger partial charge in [0.05, 0.1) is 24.5 Å². The zero-order chi connectivity index (χ0) is 28.1. The number of para-hydroxylation sites is 2. The van der Waals surface area contributed by atoms with Crippen LogP contribution in [-0.4, -0.2) is 39.3 Å². The largest absolute Gasteiger partial charge is 0.492 e. The number of nitrogens with one attached hydrogen (secondary N) is 2. The average Bonchev–Trinajstić information content (AvgIpc) is 3.42. The van der Waals surface area contributed by atoms with Crippen LogP contribution in [0.4, 0.5) is 11.6 Å². The highest BCUT2D eigenvalue weighted by Crippen LogP contribution is 2.39. The lowest BCUT2D eigenvalue weighted by molar-refractivity contribution is -0.113. The number of aryl methyl sites for hydroxylation is 1. The molecule has 10 heteroatoms. The Morgan fingerprint density at radius 3 is 2.45 bits per heavy atom. The smallest absolute Gasteiger partial charge is 0.255 e. The molecule has 1 atom stereocenters. The molecule has 206 valence electrons. The van der Waals surface area contributed by atoms with Gasteiger partial charge < -0.3 is 24.8 Å². The Balaban J connectivity index is 1.48. The van der Waals surface area contributed by atoms with E-state index < -0.39 is 6.04 Å². The Kier molecular flexibility index (Phi) is 7.95. The van der Waals surface area contributed by atoms with Gasteiger partial charge in [-0.25, -0.2) is 0 Å². The molecule has 10 nitrogen and oxygen atoms in total. The third-order valence-electron chi connectivity index (χ3n) is 6.49. The first-order valence-corrected chi connectivity index (χ1v) is 13.2. The van der Waals surface area contributed by atoms with E-state index >= 15 is 0 Å². The third kappa shape index (κ3) is 5.61. The van der Waals surface area contributed by atoms with Crippen LogP contribution >= 0.6 is 0 Å². The molecule has 1 unspecified atom stereocenters. The minimum absolute atomic E-state index is 0.305. The molecule has 1 aliphatic rings. The van der Waals surface area contributed by atoms with Crippen LogP contribution in [0, 0.1) is 6.92 Å². The number of hydrogen-bond donors (Lipinski definition) is 2. The second-order valence-corrected chi connectivity index (χ2v) is 9.31. The summed E-state index contributed by atoms with van der Waals surface area (Å²) in [5.41, 5.74) is 4.68. The Bertz CT molecular complexity index is 1530. The summed E-state index contributed by atoms with van der Waals surface area (Å²) >= 11 is 0. The average molecular weight is 541 g/mol. The molecule has 1 aromatic heterocycles. The first kappa shape index (κ1) is 26.7. The maximum absolute atomic E-state index is 13.8. The molecular formula is C30H32N6O4. The monoisotopic (exact) mass is 540 g/mol. The SMILES string of the molecule is CCOc1ccccc1NC(=O)C1=C(C)Nc2nnnn2C1c1ccc(OCc2ccc(C)cc2)c(OCC)c1. The maximum atomic E-state index is 13.8. The molecule has 1 amide bonds. The van der Waals surface area contributed by atoms with Crippen LogP contribution in [-0.2, 0) is 11.4 Å². The van der Waals surface area contributed by atoms with Crippen LogP contribution in [0.2, 0.25) is 0 Å². The van der Waals surface area contributed by atoms with Crippen molar-refractivity contribution >= 4 is 17.5 Å². The summed E-state index contributed by atoms with van der Waals surface area (Å²) in [6.45, 7) is 9.02. The van der Waals surface area contributed by atoms with Gasteiger partial charge in [0, 0.05) is 5.70 Å². The van der Waals surface area contributed by atoms with E-state index in [2.05, 4.69) is 45.2 Å². The van der Waals surface area contributed by atoms with Gasteiger partial charge in [-0.15, -0.1) is 0 Å². The van der Waals surface area contributed by atoms with Gasteiger partial charge in [0.2, 0.25) is 5.95 Å². The summed E-state index contributed by atoms with van der Waals surface area (Å²) in [6, 6.07) is 20.6. The van der Waals surface area contributed by atoms with Crippen LogP contribution < -0.4 is 24.8 Å². The summed E-state index contributed by atoms with van der Waals surface area (Å²) < 4.78 is 19.4. The van der Waals surface area contributed by atoms with Crippen LogP contribution in [0.15, 0.2) is 78.0 Å². The van der Waals surface area contributed by atoms with Crippen molar-refractivity contribution < 1.29 is 19.0 Å². The van der Waals surface area contributed by atoms with Gasteiger partial charge in [0.25, 0.3) is 5.91 Å². The minimum atomic E-state index is -0.615. The van der Waals surface area contributed by atoms with Crippen LogP contribution in [0.5, 0.6) is 17.2 Å². The lowest BCUT2D eigenvalue weighted by atomic mass is 9.94. The lowest BCUT2D eigenvalue weighted by Crippen LogP contribution is -2.31. The molecule has 40 heavy (non-hydrogen) atoms. The van der Waals surface area contributed by atoms with Crippen LogP contribution in [0.3, 0.4) is 0 Å². The molecule has 0 saturated heterocycles. The lowest BCUT2D eigenvalue weighted by Gasteiger charge is -2.28. The van der Waals surface area contributed by atoms with E-state index in [-0.39, 0.29) is 5.91 Å². The quantitative estimate of drug-likeness (QED) is 0.279. The zero-order valence-electron chi connectivity index (χ0n) is 23.0. The number of benzene rings is 3.